The van der Waals surface area contributed by atoms with Gasteiger partial charge in [0.2, 0.25) is 0 Å². The molecular formula is C9H12O3. The number of aliphatic hydroxyl groups is 1. The molecule has 0 aliphatic heterocycles. The summed E-state index contributed by atoms with van der Waals surface area (Å²) in [4.78, 5) is 10.6. The lowest BCUT2D eigenvalue weighted by Gasteiger charge is -2.03. The molecule has 1 aliphatic rings. The average molecular weight is 168 g/mol. The van der Waals surface area contributed by atoms with Crippen molar-refractivity contribution < 1.29 is 15.0 Å². The van der Waals surface area contributed by atoms with E-state index in [4.69, 9.17) is 5.11 Å². The van der Waals surface area contributed by atoms with E-state index in [-0.39, 0.29) is 0 Å². The van der Waals surface area contributed by atoms with Gasteiger partial charge in [-0.25, -0.2) is 0 Å². The Morgan fingerprint density at radius 3 is 2.83 bits per heavy atom. The molecule has 1 fully saturated rings. The van der Waals surface area contributed by atoms with E-state index < -0.39 is 18.0 Å². The Labute approximate surface area is 71.0 Å². The van der Waals surface area contributed by atoms with Gasteiger partial charge in [-0.15, -0.1) is 0 Å². The summed E-state index contributed by atoms with van der Waals surface area (Å²) < 4.78 is 0. The van der Waals surface area contributed by atoms with Crippen molar-refractivity contribution in [1.82, 2.24) is 0 Å². The highest BCUT2D eigenvalue weighted by Gasteiger charge is 2.32. The van der Waals surface area contributed by atoms with Crippen molar-refractivity contribution in [2.45, 2.75) is 18.9 Å². The number of allylic oxidation sites excluding steroid dienone is 2. The Morgan fingerprint density at radius 2 is 2.33 bits per heavy atom. The number of aliphatic hydroxyl groups excluding tert-OH is 1. The van der Waals surface area contributed by atoms with E-state index in [2.05, 4.69) is 6.58 Å². The Balaban J connectivity index is 2.79. The molecule has 0 spiro atoms. The minimum absolute atomic E-state index is 0.328. The average Bonchev–Trinajstić information content (AvgIpc) is 2.32. The summed E-state index contributed by atoms with van der Waals surface area (Å²) in [5.74, 6) is -1.38. The molecule has 2 atom stereocenters. The van der Waals surface area contributed by atoms with Gasteiger partial charge in [-0.05, 0) is 12.8 Å². The van der Waals surface area contributed by atoms with Gasteiger partial charge >= 0.3 is 5.97 Å². The second-order valence-electron chi connectivity index (χ2n) is 2.96. The molecule has 0 aromatic heterocycles. The molecule has 0 unspecified atom stereocenters. The zero-order valence-electron chi connectivity index (χ0n) is 6.73. The van der Waals surface area contributed by atoms with Gasteiger partial charge in [0.05, 0.1) is 12.0 Å². The summed E-state index contributed by atoms with van der Waals surface area (Å²) in [6.07, 6.45) is 3.52. The molecule has 0 bridgehead atoms. The largest absolute Gasteiger partial charge is 0.481 e. The second-order valence-corrected chi connectivity index (χ2v) is 2.96. The number of hydrogen-bond acceptors (Lipinski definition) is 2. The molecule has 12 heavy (non-hydrogen) atoms. The molecule has 3 nitrogen and oxygen atoms in total. The number of aliphatic carboxylic acids is 1. The van der Waals surface area contributed by atoms with Crippen LogP contribution in [0.4, 0.5) is 0 Å². The fourth-order valence-electron chi connectivity index (χ4n) is 1.52. The Kier molecular flexibility index (Phi) is 2.65. The highest BCUT2D eigenvalue weighted by atomic mass is 16.4. The summed E-state index contributed by atoms with van der Waals surface area (Å²) in [6.45, 7) is 3.49. The van der Waals surface area contributed by atoms with Crippen LogP contribution in [-0.2, 0) is 4.79 Å². The molecule has 1 rings (SSSR count). The van der Waals surface area contributed by atoms with Gasteiger partial charge in [-0.3, -0.25) is 4.79 Å². The smallest absolute Gasteiger partial charge is 0.310 e. The standard InChI is InChI=1S/C9H12O3/c1-2-3-6-4-7(10)5-8(6)9(11)12/h2-3,7-8,10H,1,4-5H2,(H,11,12)/b6-3+/t7-,8+/m0/s1. The minimum Gasteiger partial charge on any atom is -0.481 e. The van der Waals surface area contributed by atoms with Crippen molar-refractivity contribution in [3.8, 4) is 0 Å². The molecule has 1 saturated carbocycles. The van der Waals surface area contributed by atoms with Crippen LogP contribution in [0, 0.1) is 5.92 Å². The molecule has 0 aromatic rings. The minimum atomic E-state index is -0.861. The quantitative estimate of drug-likeness (QED) is 0.645. The van der Waals surface area contributed by atoms with E-state index in [0.29, 0.717) is 12.8 Å². The lowest BCUT2D eigenvalue weighted by Crippen LogP contribution is -2.12. The maximum atomic E-state index is 10.6. The second kappa shape index (κ2) is 3.54. The van der Waals surface area contributed by atoms with Gasteiger partial charge in [0.15, 0.2) is 0 Å². The monoisotopic (exact) mass is 168 g/mol. The van der Waals surface area contributed by atoms with Crippen LogP contribution in [0.3, 0.4) is 0 Å². The molecule has 0 radical (unpaired) electrons. The summed E-state index contributed by atoms with van der Waals surface area (Å²) in [5, 5.41) is 17.9. The highest BCUT2D eigenvalue weighted by molar-refractivity contribution is 5.74. The number of rotatable bonds is 2. The Hall–Kier alpha value is -1.09. The van der Waals surface area contributed by atoms with Crippen molar-refractivity contribution in [3.05, 3.63) is 24.3 Å². The summed E-state index contributed by atoms with van der Waals surface area (Å²) in [7, 11) is 0. The molecule has 0 aromatic carbocycles. The van der Waals surface area contributed by atoms with Crippen molar-refractivity contribution >= 4 is 5.97 Å². The molecule has 1 aliphatic carbocycles. The van der Waals surface area contributed by atoms with Crippen molar-refractivity contribution in [3.63, 3.8) is 0 Å². The van der Waals surface area contributed by atoms with Gasteiger partial charge in [0.1, 0.15) is 0 Å². The van der Waals surface area contributed by atoms with Crippen molar-refractivity contribution in [2.24, 2.45) is 5.92 Å². The number of carboxylic acid groups (broad SMARTS) is 1. The topological polar surface area (TPSA) is 57.5 Å². The first-order valence-corrected chi connectivity index (χ1v) is 3.87. The van der Waals surface area contributed by atoms with Gasteiger partial charge in [-0.1, -0.05) is 24.3 Å². The zero-order valence-corrected chi connectivity index (χ0v) is 6.73. The normalized spacial score (nSPS) is 32.2. The zero-order chi connectivity index (χ0) is 9.14. The number of carbonyl (C=O) groups is 1. The lowest BCUT2D eigenvalue weighted by atomic mass is 10.0. The third-order valence-corrected chi connectivity index (χ3v) is 2.06. The number of hydrogen-bond donors (Lipinski definition) is 2. The fourth-order valence-corrected chi connectivity index (χ4v) is 1.52. The first-order valence-electron chi connectivity index (χ1n) is 3.87. The Morgan fingerprint density at radius 1 is 1.67 bits per heavy atom. The van der Waals surface area contributed by atoms with Gasteiger partial charge < -0.3 is 10.2 Å². The number of carboxylic acids is 1. The van der Waals surface area contributed by atoms with E-state index in [0.717, 1.165) is 5.57 Å². The molecular weight excluding hydrogens is 156 g/mol. The van der Waals surface area contributed by atoms with Gasteiger partial charge in [0, 0.05) is 0 Å². The van der Waals surface area contributed by atoms with Crippen molar-refractivity contribution in [2.75, 3.05) is 0 Å². The Bertz CT molecular complexity index is 230. The molecule has 0 heterocycles. The van der Waals surface area contributed by atoms with Crippen LogP contribution in [0.25, 0.3) is 0 Å². The van der Waals surface area contributed by atoms with Crippen LogP contribution in [0.5, 0.6) is 0 Å². The summed E-state index contributed by atoms with van der Waals surface area (Å²) in [5.41, 5.74) is 0.769. The predicted molar refractivity (Wildman–Crippen MR) is 44.6 cm³/mol. The van der Waals surface area contributed by atoms with Crippen LogP contribution in [0.1, 0.15) is 12.8 Å². The third kappa shape index (κ3) is 1.74. The maximum Gasteiger partial charge on any atom is 0.310 e. The fraction of sp³-hybridized carbons (Fsp3) is 0.444. The predicted octanol–water partition coefficient (Wildman–Crippen LogP) is 0.954. The van der Waals surface area contributed by atoms with Gasteiger partial charge in [0.25, 0.3) is 0 Å². The van der Waals surface area contributed by atoms with E-state index in [1.165, 1.54) is 0 Å². The third-order valence-electron chi connectivity index (χ3n) is 2.06. The first kappa shape index (κ1) is 9.00. The lowest BCUT2D eigenvalue weighted by molar-refractivity contribution is -0.140. The van der Waals surface area contributed by atoms with Crippen LogP contribution in [0.2, 0.25) is 0 Å². The summed E-state index contributed by atoms with van der Waals surface area (Å²) in [6, 6.07) is 0. The van der Waals surface area contributed by atoms with E-state index in [9.17, 15) is 9.90 Å². The molecule has 2 N–H and O–H groups in total. The summed E-state index contributed by atoms with van der Waals surface area (Å²) >= 11 is 0. The molecule has 0 amide bonds. The first-order chi connectivity index (χ1) is 5.65. The van der Waals surface area contributed by atoms with E-state index in [1.54, 1.807) is 12.2 Å². The SMILES string of the molecule is C=C/C=C1\C[C@H](O)C[C@H]1C(=O)O. The van der Waals surface area contributed by atoms with Crippen LogP contribution in [-0.4, -0.2) is 22.3 Å². The van der Waals surface area contributed by atoms with Crippen LogP contribution in [0.15, 0.2) is 24.3 Å². The maximum absolute atomic E-state index is 10.6. The van der Waals surface area contributed by atoms with Crippen molar-refractivity contribution in [1.29, 1.82) is 0 Å². The van der Waals surface area contributed by atoms with Crippen LogP contribution >= 0.6 is 0 Å². The molecule has 3 heteroatoms. The van der Waals surface area contributed by atoms with Gasteiger partial charge in [-0.2, -0.15) is 0 Å². The van der Waals surface area contributed by atoms with Crippen LogP contribution < -0.4 is 0 Å². The van der Waals surface area contributed by atoms with E-state index >= 15 is 0 Å². The van der Waals surface area contributed by atoms with E-state index in [1.807, 2.05) is 0 Å². The molecule has 66 valence electrons. The molecule has 0 saturated heterocycles. The highest BCUT2D eigenvalue weighted by Crippen LogP contribution is 2.31.